The van der Waals surface area contributed by atoms with Crippen LogP contribution in [0.5, 0.6) is 0 Å². The molecule has 0 fully saturated rings. The van der Waals surface area contributed by atoms with Crippen molar-refractivity contribution in [2.45, 2.75) is 63.5 Å². The third-order valence-electron chi connectivity index (χ3n) is 2.97. The molecule has 0 amide bonds. The molecule has 0 spiro atoms. The van der Waals surface area contributed by atoms with Crippen LogP contribution < -0.4 is 56.5 Å². The summed E-state index contributed by atoms with van der Waals surface area (Å²) < 4.78 is 35.3. The molecule has 0 bridgehead atoms. The molecule has 7 nitrogen and oxygen atoms in total. The van der Waals surface area contributed by atoms with Crippen molar-refractivity contribution in [2.24, 2.45) is 0 Å². The summed E-state index contributed by atoms with van der Waals surface area (Å²) in [6, 6.07) is 0. The van der Waals surface area contributed by atoms with Crippen LogP contribution in [0.3, 0.4) is 0 Å². The SMILES string of the molecule is CCCCCCCCCOC(=O)C(CC(=O)[O-])S(=O)(=O)O.[K+]. The topological polar surface area (TPSA) is 121 Å². The predicted molar refractivity (Wildman–Crippen MR) is 73.9 cm³/mol. The van der Waals surface area contributed by atoms with E-state index in [9.17, 15) is 23.1 Å². The maximum absolute atomic E-state index is 11.4. The summed E-state index contributed by atoms with van der Waals surface area (Å²) >= 11 is 0. The zero-order chi connectivity index (χ0) is 16.3. The minimum absolute atomic E-state index is 0. The Morgan fingerprint density at radius 3 is 2.05 bits per heavy atom. The van der Waals surface area contributed by atoms with Crippen LogP contribution in [0, 0.1) is 0 Å². The first kappa shape index (κ1) is 24.7. The molecule has 1 unspecified atom stereocenters. The maximum Gasteiger partial charge on any atom is 1.00 e. The second-order valence-electron chi connectivity index (χ2n) is 4.87. The van der Waals surface area contributed by atoms with Crippen molar-refractivity contribution in [2.75, 3.05) is 6.61 Å². The van der Waals surface area contributed by atoms with Crippen LogP contribution in [0.15, 0.2) is 0 Å². The molecular formula is C13H23KO7S. The van der Waals surface area contributed by atoms with Crippen molar-refractivity contribution in [3.63, 3.8) is 0 Å². The van der Waals surface area contributed by atoms with Gasteiger partial charge in [-0.25, -0.2) is 0 Å². The zero-order valence-corrected chi connectivity index (χ0v) is 17.2. The summed E-state index contributed by atoms with van der Waals surface area (Å²) in [5.74, 6) is -3.00. The average Bonchev–Trinajstić information content (AvgIpc) is 2.37. The van der Waals surface area contributed by atoms with Crippen LogP contribution in [0.4, 0.5) is 0 Å². The summed E-state index contributed by atoms with van der Waals surface area (Å²) in [5.41, 5.74) is 0. The maximum atomic E-state index is 11.4. The Hall–Kier alpha value is 0.486. The fourth-order valence-electron chi connectivity index (χ4n) is 1.79. The molecule has 0 aliphatic rings. The number of rotatable bonds is 12. The number of carboxylic acids is 1. The van der Waals surface area contributed by atoms with Gasteiger partial charge in [-0.05, 0) is 6.42 Å². The summed E-state index contributed by atoms with van der Waals surface area (Å²) in [6.07, 6.45) is 5.90. The number of hydrogen-bond acceptors (Lipinski definition) is 6. The Bertz CT molecular complexity index is 422. The number of carboxylic acid groups (broad SMARTS) is 1. The normalized spacial score (nSPS) is 12.3. The largest absolute Gasteiger partial charge is 1.00 e. The van der Waals surface area contributed by atoms with E-state index >= 15 is 0 Å². The second kappa shape index (κ2) is 13.9. The summed E-state index contributed by atoms with van der Waals surface area (Å²) in [4.78, 5) is 21.8. The van der Waals surface area contributed by atoms with Crippen LogP contribution in [-0.4, -0.2) is 36.8 Å². The Balaban J connectivity index is 0. The molecule has 0 aromatic heterocycles. The van der Waals surface area contributed by atoms with Gasteiger partial charge in [0.25, 0.3) is 10.1 Å². The van der Waals surface area contributed by atoms with Gasteiger partial charge in [0, 0.05) is 12.4 Å². The Labute approximate surface area is 174 Å². The monoisotopic (exact) mass is 362 g/mol. The molecule has 1 atom stereocenters. The molecule has 0 saturated heterocycles. The third kappa shape index (κ3) is 13.0. The Morgan fingerprint density at radius 2 is 1.59 bits per heavy atom. The quantitative estimate of drug-likeness (QED) is 0.179. The molecule has 0 aliphatic carbocycles. The second-order valence-corrected chi connectivity index (χ2v) is 6.47. The molecule has 0 radical (unpaired) electrons. The van der Waals surface area contributed by atoms with Crippen molar-refractivity contribution in [3.8, 4) is 0 Å². The van der Waals surface area contributed by atoms with Gasteiger partial charge in [0.2, 0.25) is 0 Å². The van der Waals surface area contributed by atoms with Crippen LogP contribution >= 0.6 is 0 Å². The van der Waals surface area contributed by atoms with Crippen LogP contribution in [0.1, 0.15) is 58.3 Å². The van der Waals surface area contributed by atoms with Gasteiger partial charge in [-0.2, -0.15) is 8.42 Å². The van der Waals surface area contributed by atoms with E-state index in [1.165, 1.54) is 6.42 Å². The van der Waals surface area contributed by atoms with Crippen LogP contribution in [0.2, 0.25) is 0 Å². The molecule has 22 heavy (non-hydrogen) atoms. The average molecular weight is 362 g/mol. The van der Waals surface area contributed by atoms with E-state index in [4.69, 9.17) is 9.29 Å². The Morgan fingerprint density at radius 1 is 1.09 bits per heavy atom. The van der Waals surface area contributed by atoms with E-state index in [2.05, 4.69) is 6.92 Å². The smallest absolute Gasteiger partial charge is 0.550 e. The number of esters is 1. The summed E-state index contributed by atoms with van der Waals surface area (Å²) in [6.45, 7) is 2.13. The summed E-state index contributed by atoms with van der Waals surface area (Å²) in [5, 5.41) is 8.25. The van der Waals surface area contributed by atoms with Crippen molar-refractivity contribution in [1.29, 1.82) is 0 Å². The van der Waals surface area contributed by atoms with E-state index in [0.29, 0.717) is 6.42 Å². The van der Waals surface area contributed by atoms with Gasteiger partial charge in [-0.1, -0.05) is 45.4 Å². The number of aliphatic carboxylic acids is 1. The number of hydrogen-bond donors (Lipinski definition) is 1. The van der Waals surface area contributed by atoms with Gasteiger partial charge in [-0.15, -0.1) is 0 Å². The number of carbonyl (C=O) groups is 2. The van der Waals surface area contributed by atoms with Gasteiger partial charge < -0.3 is 14.6 Å². The van der Waals surface area contributed by atoms with E-state index in [-0.39, 0.29) is 58.0 Å². The predicted octanol–water partition coefficient (Wildman–Crippen LogP) is -2.32. The molecule has 124 valence electrons. The molecule has 0 rings (SSSR count). The van der Waals surface area contributed by atoms with Gasteiger partial charge in [0.05, 0.1) is 6.61 Å². The van der Waals surface area contributed by atoms with Crippen molar-refractivity contribution < 1.29 is 83.8 Å². The molecule has 0 aliphatic heterocycles. The number of unbranched alkanes of at least 4 members (excludes halogenated alkanes) is 6. The van der Waals surface area contributed by atoms with Crippen LogP contribution in [-0.2, 0) is 24.4 Å². The molecular weight excluding hydrogens is 339 g/mol. The van der Waals surface area contributed by atoms with E-state index in [1.54, 1.807) is 0 Å². The van der Waals surface area contributed by atoms with Gasteiger partial charge in [0.15, 0.2) is 5.25 Å². The first-order chi connectivity index (χ1) is 9.79. The first-order valence-electron chi connectivity index (χ1n) is 7.11. The van der Waals surface area contributed by atoms with E-state index in [0.717, 1.165) is 32.1 Å². The molecule has 0 aromatic rings. The number of ether oxygens (including phenoxy) is 1. The van der Waals surface area contributed by atoms with Gasteiger partial charge in [0.1, 0.15) is 0 Å². The van der Waals surface area contributed by atoms with E-state index < -0.39 is 33.7 Å². The molecule has 0 aromatic carbocycles. The molecule has 0 saturated carbocycles. The minimum Gasteiger partial charge on any atom is -0.550 e. The molecule has 0 heterocycles. The van der Waals surface area contributed by atoms with Gasteiger partial charge in [-0.3, -0.25) is 9.35 Å². The standard InChI is InChI=1S/C13H24O7S.K/c1-2-3-4-5-6-7-8-9-20-13(16)11(10-12(14)15)21(17,18)19;/h11H,2-10H2,1H3,(H,14,15)(H,17,18,19);/q;+1/p-1. The molecule has 9 heteroatoms. The van der Waals surface area contributed by atoms with E-state index in [1.807, 2.05) is 0 Å². The van der Waals surface area contributed by atoms with Crippen LogP contribution in [0.25, 0.3) is 0 Å². The fourth-order valence-corrected chi connectivity index (χ4v) is 2.44. The Kier molecular flexibility index (Phi) is 15.6. The van der Waals surface area contributed by atoms with Crippen molar-refractivity contribution in [3.05, 3.63) is 0 Å². The first-order valence-corrected chi connectivity index (χ1v) is 8.62. The molecule has 1 N–H and O–H groups in total. The summed E-state index contributed by atoms with van der Waals surface area (Å²) in [7, 11) is -4.81. The van der Waals surface area contributed by atoms with Crippen molar-refractivity contribution in [1.82, 2.24) is 0 Å². The van der Waals surface area contributed by atoms with Gasteiger partial charge >= 0.3 is 57.4 Å². The van der Waals surface area contributed by atoms with Crippen molar-refractivity contribution >= 4 is 22.1 Å². The third-order valence-corrected chi connectivity index (χ3v) is 4.04. The zero-order valence-electron chi connectivity index (χ0n) is 13.2. The fraction of sp³-hybridized carbons (Fsp3) is 0.846. The minimum atomic E-state index is -4.81. The number of carbonyl (C=O) groups excluding carboxylic acids is 2.